The van der Waals surface area contributed by atoms with Crippen molar-refractivity contribution in [3.8, 4) is 0 Å². The lowest BCUT2D eigenvalue weighted by Gasteiger charge is -2.35. The van der Waals surface area contributed by atoms with Gasteiger partial charge in [0, 0.05) is 30.6 Å². The van der Waals surface area contributed by atoms with Gasteiger partial charge in [0.1, 0.15) is 0 Å². The molecule has 1 heterocycles. The molecular weight excluding hydrogens is 336 g/mol. The van der Waals surface area contributed by atoms with E-state index < -0.39 is 0 Å². The van der Waals surface area contributed by atoms with Gasteiger partial charge in [0.05, 0.1) is 0 Å². The number of benzene rings is 1. The van der Waals surface area contributed by atoms with E-state index in [-0.39, 0.29) is 17.7 Å². The van der Waals surface area contributed by atoms with Crippen molar-refractivity contribution >= 4 is 17.5 Å². The zero-order valence-electron chi connectivity index (χ0n) is 17.0. The van der Waals surface area contributed by atoms with Gasteiger partial charge >= 0.3 is 0 Å². The van der Waals surface area contributed by atoms with Crippen LogP contribution in [0.1, 0.15) is 70.8 Å². The predicted molar refractivity (Wildman–Crippen MR) is 110 cm³/mol. The number of para-hydroxylation sites is 1. The molecule has 1 aliphatic heterocycles. The minimum Gasteiger partial charge on any atom is -0.342 e. The molecule has 1 saturated carbocycles. The third kappa shape index (κ3) is 4.91. The average Bonchev–Trinajstić information content (AvgIpc) is 2.68. The Labute approximate surface area is 163 Å². The molecule has 0 atom stereocenters. The molecule has 27 heavy (non-hydrogen) atoms. The fraction of sp³-hybridized carbons (Fsp3) is 0.652. The standard InChI is InChI=1S/C23H34N2O2/c1-16(2)20-6-4-5-7-21(20)24-22(26)18-8-10-19(11-9-18)23(27)25-14-12-17(3)13-15-25/h4-7,16-19H,8-15H2,1-3H3,(H,24,26). The Balaban J connectivity index is 1.52. The van der Waals surface area contributed by atoms with Crippen LogP contribution in [0.25, 0.3) is 0 Å². The van der Waals surface area contributed by atoms with Crippen LogP contribution < -0.4 is 5.32 Å². The molecule has 0 unspecified atom stereocenters. The molecule has 1 saturated heterocycles. The molecule has 2 amide bonds. The lowest BCUT2D eigenvalue weighted by Crippen LogP contribution is -2.42. The zero-order valence-corrected chi connectivity index (χ0v) is 17.0. The quantitative estimate of drug-likeness (QED) is 0.826. The van der Waals surface area contributed by atoms with Crippen molar-refractivity contribution in [2.75, 3.05) is 18.4 Å². The lowest BCUT2D eigenvalue weighted by molar-refractivity contribution is -0.139. The number of hydrogen-bond donors (Lipinski definition) is 1. The van der Waals surface area contributed by atoms with Gasteiger partial charge in [-0.15, -0.1) is 0 Å². The smallest absolute Gasteiger partial charge is 0.227 e. The van der Waals surface area contributed by atoms with Crippen molar-refractivity contribution in [3.05, 3.63) is 29.8 Å². The molecule has 148 valence electrons. The first-order valence-electron chi connectivity index (χ1n) is 10.6. The Hall–Kier alpha value is -1.84. The first kappa shape index (κ1) is 19.9. The summed E-state index contributed by atoms with van der Waals surface area (Å²) in [5, 5.41) is 3.14. The predicted octanol–water partition coefficient (Wildman–Crippen LogP) is 4.81. The van der Waals surface area contributed by atoms with Crippen LogP contribution in [0.5, 0.6) is 0 Å². The number of hydrogen-bond acceptors (Lipinski definition) is 2. The number of carbonyl (C=O) groups is 2. The van der Waals surface area contributed by atoms with Gasteiger partial charge in [0.15, 0.2) is 0 Å². The molecule has 0 radical (unpaired) electrons. The average molecular weight is 371 g/mol. The Kier molecular flexibility index (Phi) is 6.56. The normalized spacial score (nSPS) is 24.1. The fourth-order valence-corrected chi connectivity index (χ4v) is 4.44. The maximum Gasteiger partial charge on any atom is 0.227 e. The van der Waals surface area contributed by atoms with Gasteiger partial charge < -0.3 is 10.2 Å². The Bertz CT molecular complexity index is 654. The lowest BCUT2D eigenvalue weighted by atomic mass is 9.80. The third-order valence-corrected chi connectivity index (χ3v) is 6.38. The summed E-state index contributed by atoms with van der Waals surface area (Å²) >= 11 is 0. The molecule has 1 aromatic carbocycles. The van der Waals surface area contributed by atoms with Crippen LogP contribution in [-0.2, 0) is 9.59 Å². The molecule has 1 aliphatic carbocycles. The number of likely N-dealkylation sites (tertiary alicyclic amines) is 1. The summed E-state index contributed by atoms with van der Waals surface area (Å²) in [6, 6.07) is 8.05. The summed E-state index contributed by atoms with van der Waals surface area (Å²) < 4.78 is 0. The van der Waals surface area contributed by atoms with E-state index in [4.69, 9.17) is 0 Å². The van der Waals surface area contributed by atoms with E-state index in [9.17, 15) is 9.59 Å². The van der Waals surface area contributed by atoms with Crippen molar-refractivity contribution < 1.29 is 9.59 Å². The molecule has 4 heteroatoms. The van der Waals surface area contributed by atoms with Crippen LogP contribution >= 0.6 is 0 Å². The van der Waals surface area contributed by atoms with E-state index in [1.807, 2.05) is 18.2 Å². The van der Waals surface area contributed by atoms with E-state index in [2.05, 4.69) is 37.1 Å². The van der Waals surface area contributed by atoms with E-state index in [0.29, 0.717) is 11.8 Å². The number of nitrogens with zero attached hydrogens (tertiary/aromatic N) is 1. The number of piperidine rings is 1. The van der Waals surface area contributed by atoms with Gasteiger partial charge in [-0.3, -0.25) is 9.59 Å². The number of amides is 2. The Morgan fingerprint density at radius 3 is 2.19 bits per heavy atom. The van der Waals surface area contributed by atoms with Gasteiger partial charge in [-0.1, -0.05) is 39.0 Å². The summed E-state index contributed by atoms with van der Waals surface area (Å²) in [6.45, 7) is 8.37. The van der Waals surface area contributed by atoms with Gasteiger partial charge in [0.2, 0.25) is 11.8 Å². The summed E-state index contributed by atoms with van der Waals surface area (Å²) in [6.07, 6.45) is 5.56. The molecular formula is C23H34N2O2. The highest BCUT2D eigenvalue weighted by molar-refractivity contribution is 5.93. The minimum atomic E-state index is 0.0237. The highest BCUT2D eigenvalue weighted by Crippen LogP contribution is 2.33. The molecule has 1 aromatic rings. The van der Waals surface area contributed by atoms with Crippen LogP contribution in [0.3, 0.4) is 0 Å². The van der Waals surface area contributed by atoms with Gasteiger partial charge in [-0.05, 0) is 62.0 Å². The summed E-state index contributed by atoms with van der Waals surface area (Å²) in [4.78, 5) is 27.6. The van der Waals surface area contributed by atoms with Crippen molar-refractivity contribution in [3.63, 3.8) is 0 Å². The highest BCUT2D eigenvalue weighted by atomic mass is 16.2. The molecule has 4 nitrogen and oxygen atoms in total. The van der Waals surface area contributed by atoms with Crippen LogP contribution in [-0.4, -0.2) is 29.8 Å². The largest absolute Gasteiger partial charge is 0.342 e. The molecule has 2 aliphatic rings. The second-order valence-corrected chi connectivity index (χ2v) is 8.79. The van der Waals surface area contributed by atoms with E-state index in [1.165, 1.54) is 5.56 Å². The van der Waals surface area contributed by atoms with Crippen molar-refractivity contribution in [2.45, 2.75) is 65.2 Å². The first-order valence-corrected chi connectivity index (χ1v) is 10.6. The van der Waals surface area contributed by atoms with Crippen molar-refractivity contribution in [2.24, 2.45) is 17.8 Å². The minimum absolute atomic E-state index is 0.0237. The van der Waals surface area contributed by atoms with Gasteiger partial charge in [-0.2, -0.15) is 0 Å². The highest BCUT2D eigenvalue weighted by Gasteiger charge is 2.33. The fourth-order valence-electron chi connectivity index (χ4n) is 4.44. The summed E-state index contributed by atoms with van der Waals surface area (Å²) in [7, 11) is 0. The molecule has 3 rings (SSSR count). The van der Waals surface area contributed by atoms with Crippen molar-refractivity contribution in [1.82, 2.24) is 4.90 Å². The van der Waals surface area contributed by atoms with E-state index in [0.717, 1.165) is 63.2 Å². The molecule has 2 fully saturated rings. The summed E-state index contributed by atoms with van der Waals surface area (Å²) in [5.41, 5.74) is 2.10. The Morgan fingerprint density at radius 2 is 1.56 bits per heavy atom. The van der Waals surface area contributed by atoms with Crippen LogP contribution in [0.15, 0.2) is 24.3 Å². The number of anilines is 1. The van der Waals surface area contributed by atoms with Crippen LogP contribution in [0.4, 0.5) is 5.69 Å². The van der Waals surface area contributed by atoms with Gasteiger partial charge in [0.25, 0.3) is 0 Å². The number of carbonyl (C=O) groups excluding carboxylic acids is 2. The van der Waals surface area contributed by atoms with Crippen LogP contribution in [0.2, 0.25) is 0 Å². The number of rotatable bonds is 4. The SMILES string of the molecule is CC1CCN(C(=O)C2CCC(C(=O)Nc3ccccc3C(C)C)CC2)CC1. The second-order valence-electron chi connectivity index (χ2n) is 8.79. The van der Waals surface area contributed by atoms with Crippen LogP contribution in [0, 0.1) is 17.8 Å². The van der Waals surface area contributed by atoms with Crippen molar-refractivity contribution in [1.29, 1.82) is 0 Å². The molecule has 0 spiro atoms. The Morgan fingerprint density at radius 1 is 0.963 bits per heavy atom. The summed E-state index contributed by atoms with van der Waals surface area (Å²) in [5.74, 6) is 1.69. The molecule has 1 N–H and O–H groups in total. The molecule has 0 bridgehead atoms. The second kappa shape index (κ2) is 8.90. The van der Waals surface area contributed by atoms with E-state index >= 15 is 0 Å². The first-order chi connectivity index (χ1) is 13.0. The van der Waals surface area contributed by atoms with E-state index in [1.54, 1.807) is 0 Å². The zero-order chi connectivity index (χ0) is 19.4. The van der Waals surface area contributed by atoms with Gasteiger partial charge in [-0.25, -0.2) is 0 Å². The maximum atomic E-state index is 12.8. The maximum absolute atomic E-state index is 12.8. The third-order valence-electron chi connectivity index (χ3n) is 6.38. The topological polar surface area (TPSA) is 49.4 Å². The monoisotopic (exact) mass is 370 g/mol. The molecule has 0 aromatic heterocycles. The number of nitrogens with one attached hydrogen (secondary N) is 1.